The molecule has 0 bridgehead atoms. The number of rotatable bonds is 7. The second-order valence-corrected chi connectivity index (χ2v) is 7.49. The number of anilines is 1. The molecule has 2 aromatic rings. The Labute approximate surface area is 165 Å². The van der Waals surface area contributed by atoms with Gasteiger partial charge in [0.15, 0.2) is 5.82 Å². The smallest absolute Gasteiger partial charge is 0.226 e. The molecule has 1 fully saturated rings. The molecule has 1 unspecified atom stereocenters. The van der Waals surface area contributed by atoms with E-state index in [1.807, 2.05) is 25.4 Å². The molecule has 4 rings (SSSR count). The zero-order valence-electron chi connectivity index (χ0n) is 16.4. The van der Waals surface area contributed by atoms with Crippen LogP contribution in [0.3, 0.4) is 0 Å². The molecule has 0 aliphatic carbocycles. The first kappa shape index (κ1) is 19.0. The highest BCUT2D eigenvalue weighted by molar-refractivity contribution is 5.94. The van der Waals surface area contributed by atoms with Gasteiger partial charge in [-0.2, -0.15) is 5.10 Å². The number of carbonyl (C=O) groups is 1. The zero-order chi connectivity index (χ0) is 19.3. The lowest BCUT2D eigenvalue weighted by Gasteiger charge is -2.26. The minimum Gasteiger partial charge on any atom is -0.494 e. The average molecular weight is 384 g/mol. The number of morpholine rings is 1. The molecule has 1 atom stereocenters. The summed E-state index contributed by atoms with van der Waals surface area (Å²) in [5.74, 6) is 1.55. The highest BCUT2D eigenvalue weighted by Crippen LogP contribution is 2.37. The van der Waals surface area contributed by atoms with E-state index < -0.39 is 0 Å². The van der Waals surface area contributed by atoms with Gasteiger partial charge in [-0.25, -0.2) is 0 Å². The van der Waals surface area contributed by atoms with E-state index in [2.05, 4.69) is 27.4 Å². The maximum Gasteiger partial charge on any atom is 0.226 e. The van der Waals surface area contributed by atoms with E-state index in [0.717, 1.165) is 62.6 Å². The highest BCUT2D eigenvalue weighted by atomic mass is 16.5. The normalized spacial score (nSPS) is 19.9. The molecular weight excluding hydrogens is 356 g/mol. The second kappa shape index (κ2) is 8.75. The van der Waals surface area contributed by atoms with Gasteiger partial charge in [0, 0.05) is 44.2 Å². The van der Waals surface area contributed by atoms with E-state index in [4.69, 9.17) is 9.47 Å². The van der Waals surface area contributed by atoms with Crippen molar-refractivity contribution in [2.75, 3.05) is 44.8 Å². The van der Waals surface area contributed by atoms with Gasteiger partial charge >= 0.3 is 0 Å². The predicted molar refractivity (Wildman–Crippen MR) is 107 cm³/mol. The number of aromatic nitrogens is 2. The molecule has 1 N–H and O–H groups in total. The van der Waals surface area contributed by atoms with E-state index in [0.29, 0.717) is 18.8 Å². The summed E-state index contributed by atoms with van der Waals surface area (Å²) in [5.41, 5.74) is 2.15. The van der Waals surface area contributed by atoms with Crippen molar-refractivity contribution in [3.05, 3.63) is 41.6 Å². The standard InChI is InChI=1S/C21H28N4O3/c1-24-15-19-18(14-20(26)22-21(19)23-24)16-5-4-6-17(13-16)28-10-3-2-7-25-8-11-27-12-9-25/h4-6,13,15,18H,2-3,7-12,14H2,1H3,(H,22,23,26). The monoisotopic (exact) mass is 384 g/mol. The maximum absolute atomic E-state index is 12.1. The molecule has 1 saturated heterocycles. The molecule has 3 heterocycles. The van der Waals surface area contributed by atoms with Crippen LogP contribution in [0.1, 0.15) is 36.3 Å². The Hall–Kier alpha value is -2.38. The third kappa shape index (κ3) is 4.54. The van der Waals surface area contributed by atoms with Crippen molar-refractivity contribution in [1.82, 2.24) is 14.7 Å². The number of nitrogens with one attached hydrogen (secondary N) is 1. The summed E-state index contributed by atoms with van der Waals surface area (Å²) in [5, 5.41) is 7.21. The van der Waals surface area contributed by atoms with Crippen LogP contribution in [0.15, 0.2) is 30.5 Å². The summed E-state index contributed by atoms with van der Waals surface area (Å²) < 4.78 is 13.1. The number of amides is 1. The van der Waals surface area contributed by atoms with Crippen molar-refractivity contribution in [3.8, 4) is 5.75 Å². The van der Waals surface area contributed by atoms with Gasteiger partial charge in [0.25, 0.3) is 0 Å². The van der Waals surface area contributed by atoms with E-state index >= 15 is 0 Å². The number of aryl methyl sites for hydroxylation is 1. The lowest BCUT2D eigenvalue weighted by atomic mass is 9.87. The van der Waals surface area contributed by atoms with Crippen molar-refractivity contribution < 1.29 is 14.3 Å². The fraction of sp³-hybridized carbons (Fsp3) is 0.524. The quantitative estimate of drug-likeness (QED) is 0.743. The first-order valence-corrected chi connectivity index (χ1v) is 10.1. The number of hydrogen-bond acceptors (Lipinski definition) is 5. The average Bonchev–Trinajstić information content (AvgIpc) is 3.08. The number of nitrogens with zero attached hydrogens (tertiary/aromatic N) is 3. The van der Waals surface area contributed by atoms with E-state index in [9.17, 15) is 4.79 Å². The Bertz CT molecular complexity index is 814. The van der Waals surface area contributed by atoms with Gasteiger partial charge in [-0.3, -0.25) is 14.4 Å². The summed E-state index contributed by atoms with van der Waals surface area (Å²) >= 11 is 0. The fourth-order valence-corrected chi connectivity index (χ4v) is 3.91. The van der Waals surface area contributed by atoms with Crippen LogP contribution in [-0.2, 0) is 16.6 Å². The van der Waals surface area contributed by atoms with Crippen LogP contribution in [0.25, 0.3) is 0 Å². The van der Waals surface area contributed by atoms with Crippen molar-refractivity contribution in [2.45, 2.75) is 25.2 Å². The number of benzene rings is 1. The Kier molecular flexibility index (Phi) is 5.92. The van der Waals surface area contributed by atoms with Crippen molar-refractivity contribution >= 4 is 11.7 Å². The predicted octanol–water partition coefficient (Wildman–Crippen LogP) is 2.39. The third-order valence-electron chi connectivity index (χ3n) is 5.38. The Morgan fingerprint density at radius 1 is 1.29 bits per heavy atom. The molecule has 0 radical (unpaired) electrons. The largest absolute Gasteiger partial charge is 0.494 e. The topological polar surface area (TPSA) is 68.6 Å². The molecule has 7 nitrogen and oxygen atoms in total. The fourth-order valence-electron chi connectivity index (χ4n) is 3.91. The van der Waals surface area contributed by atoms with Gasteiger partial charge in [-0.1, -0.05) is 12.1 Å². The first-order chi connectivity index (χ1) is 13.7. The summed E-state index contributed by atoms with van der Waals surface area (Å²) in [6.07, 6.45) is 4.57. The van der Waals surface area contributed by atoms with Crippen molar-refractivity contribution in [1.29, 1.82) is 0 Å². The van der Waals surface area contributed by atoms with Crippen LogP contribution in [-0.4, -0.2) is 60.0 Å². The van der Waals surface area contributed by atoms with Crippen LogP contribution >= 0.6 is 0 Å². The zero-order valence-corrected chi connectivity index (χ0v) is 16.4. The lowest BCUT2D eigenvalue weighted by Crippen LogP contribution is -2.36. The molecule has 1 aromatic carbocycles. The summed E-state index contributed by atoms with van der Waals surface area (Å²) in [6.45, 7) is 5.58. The highest BCUT2D eigenvalue weighted by Gasteiger charge is 2.29. The molecule has 0 spiro atoms. The number of carbonyl (C=O) groups excluding carboxylic acids is 1. The molecule has 2 aliphatic rings. The SMILES string of the molecule is Cn1cc2c(n1)NC(=O)CC2c1cccc(OCCCCN2CCOCC2)c1. The number of ether oxygens (including phenoxy) is 2. The third-order valence-corrected chi connectivity index (χ3v) is 5.38. The van der Waals surface area contributed by atoms with E-state index in [1.165, 1.54) is 0 Å². The van der Waals surface area contributed by atoms with Gasteiger partial charge < -0.3 is 14.8 Å². The molecule has 0 saturated carbocycles. The van der Waals surface area contributed by atoms with Gasteiger partial charge in [0.1, 0.15) is 5.75 Å². The van der Waals surface area contributed by atoms with Crippen LogP contribution in [0.2, 0.25) is 0 Å². The van der Waals surface area contributed by atoms with Gasteiger partial charge in [0.2, 0.25) is 5.91 Å². The van der Waals surface area contributed by atoms with E-state index in [1.54, 1.807) is 4.68 Å². The molecular formula is C21H28N4O3. The Morgan fingerprint density at radius 2 is 2.14 bits per heavy atom. The molecule has 1 aromatic heterocycles. The number of unbranched alkanes of at least 4 members (excludes halogenated alkanes) is 1. The summed E-state index contributed by atoms with van der Waals surface area (Å²) in [4.78, 5) is 14.5. The van der Waals surface area contributed by atoms with Crippen LogP contribution in [0, 0.1) is 0 Å². The minimum absolute atomic E-state index is 0.00522. The van der Waals surface area contributed by atoms with Gasteiger partial charge in [-0.15, -0.1) is 0 Å². The minimum atomic E-state index is 0.00522. The van der Waals surface area contributed by atoms with Crippen LogP contribution < -0.4 is 10.1 Å². The molecule has 1 amide bonds. The van der Waals surface area contributed by atoms with Gasteiger partial charge in [-0.05, 0) is 37.1 Å². The molecule has 150 valence electrons. The summed E-state index contributed by atoms with van der Waals surface area (Å²) in [7, 11) is 1.87. The first-order valence-electron chi connectivity index (χ1n) is 10.1. The van der Waals surface area contributed by atoms with E-state index in [-0.39, 0.29) is 11.8 Å². The second-order valence-electron chi connectivity index (χ2n) is 7.49. The van der Waals surface area contributed by atoms with Crippen LogP contribution in [0.5, 0.6) is 5.75 Å². The lowest BCUT2D eigenvalue weighted by molar-refractivity contribution is -0.116. The summed E-state index contributed by atoms with van der Waals surface area (Å²) in [6, 6.07) is 8.10. The van der Waals surface area contributed by atoms with Gasteiger partial charge in [0.05, 0.1) is 19.8 Å². The molecule has 28 heavy (non-hydrogen) atoms. The maximum atomic E-state index is 12.1. The molecule has 2 aliphatic heterocycles. The number of hydrogen-bond donors (Lipinski definition) is 1. The van der Waals surface area contributed by atoms with Crippen molar-refractivity contribution in [2.24, 2.45) is 7.05 Å². The Balaban J connectivity index is 1.32. The Morgan fingerprint density at radius 3 is 3.00 bits per heavy atom. The van der Waals surface area contributed by atoms with Crippen molar-refractivity contribution in [3.63, 3.8) is 0 Å². The van der Waals surface area contributed by atoms with Crippen LogP contribution in [0.4, 0.5) is 5.82 Å². The molecule has 7 heteroatoms. The number of fused-ring (bicyclic) bond motifs is 1.